The Morgan fingerprint density at radius 1 is 0.304 bits per heavy atom. The van der Waals surface area contributed by atoms with Gasteiger partial charge in [-0.05, 0) is 120 Å². The molecule has 0 amide bonds. The summed E-state index contributed by atoms with van der Waals surface area (Å²) in [5.41, 5.74) is 17.2. The quantitative estimate of drug-likeness (QED) is 0.166. The van der Waals surface area contributed by atoms with Gasteiger partial charge in [-0.3, -0.25) is 0 Å². The van der Waals surface area contributed by atoms with E-state index in [4.69, 9.17) is 6.85 Å². The molecule has 56 heavy (non-hydrogen) atoms. The van der Waals surface area contributed by atoms with Crippen LogP contribution in [0.2, 0.25) is 0 Å². The van der Waals surface area contributed by atoms with Gasteiger partial charge in [0.15, 0.2) is 0 Å². The molecule has 0 saturated carbocycles. The van der Waals surface area contributed by atoms with Crippen molar-refractivity contribution in [2.45, 2.75) is 5.41 Å². The summed E-state index contributed by atoms with van der Waals surface area (Å²) < 4.78 is 42.3. The Labute approximate surface area is 335 Å². The van der Waals surface area contributed by atoms with Gasteiger partial charge < -0.3 is 4.90 Å². The molecule has 9 aromatic rings. The van der Waals surface area contributed by atoms with Crippen LogP contribution in [0.25, 0.3) is 55.6 Å². The van der Waals surface area contributed by atoms with Crippen LogP contribution in [0, 0.1) is 0 Å². The lowest BCUT2D eigenvalue weighted by atomic mass is 9.70. The number of hydrogen-bond donors (Lipinski definition) is 0. The van der Waals surface area contributed by atoms with E-state index in [1.807, 2.05) is 36.4 Å². The van der Waals surface area contributed by atoms with Crippen molar-refractivity contribution in [2.75, 3.05) is 4.90 Å². The van der Waals surface area contributed by atoms with Crippen LogP contribution in [0.1, 0.15) is 29.1 Å². The van der Waals surface area contributed by atoms with E-state index in [9.17, 15) is 0 Å². The first-order chi connectivity index (χ1) is 29.8. The standard InChI is InChI=1S/C55H37N/c1-4-16-38(17-5-1)41-28-30-44(31-29-41)56(46-35-42(39-18-6-2-7-19-39)34-43(36-46)40-20-8-3-9-21-40)45-32-33-50-49-24-12-15-27-53(49)55(54(50)37-45)51-25-13-10-22-47(51)48-23-11-14-26-52(48)55/h1-37H/i1D,4D,5D,16D,17D. The molecular formula is C55H37N. The molecule has 9 aromatic carbocycles. The molecule has 1 nitrogen and oxygen atoms in total. The maximum absolute atomic E-state index is 8.72. The number of benzene rings is 9. The minimum Gasteiger partial charge on any atom is -0.310 e. The summed E-state index contributed by atoms with van der Waals surface area (Å²) in [6.45, 7) is 0. The highest BCUT2D eigenvalue weighted by Gasteiger charge is 2.51. The highest BCUT2D eigenvalue weighted by molar-refractivity contribution is 5.96. The van der Waals surface area contributed by atoms with Crippen molar-refractivity contribution in [3.8, 4) is 55.6 Å². The Morgan fingerprint density at radius 3 is 1.29 bits per heavy atom. The zero-order valence-electron chi connectivity index (χ0n) is 35.4. The van der Waals surface area contributed by atoms with E-state index >= 15 is 0 Å². The van der Waals surface area contributed by atoms with Gasteiger partial charge in [-0.15, -0.1) is 0 Å². The van der Waals surface area contributed by atoms with Crippen molar-refractivity contribution in [3.05, 3.63) is 247 Å². The summed E-state index contributed by atoms with van der Waals surface area (Å²) in [7, 11) is 0. The van der Waals surface area contributed by atoms with Crippen LogP contribution in [-0.2, 0) is 5.41 Å². The lowest BCUT2D eigenvalue weighted by Crippen LogP contribution is -2.26. The number of hydrogen-bond acceptors (Lipinski definition) is 1. The fourth-order valence-electron chi connectivity index (χ4n) is 9.18. The summed E-state index contributed by atoms with van der Waals surface area (Å²) in [5.74, 6) is 0. The number of anilines is 3. The molecule has 0 fully saturated rings. The van der Waals surface area contributed by atoms with Gasteiger partial charge in [0, 0.05) is 17.1 Å². The third kappa shape index (κ3) is 4.95. The van der Waals surface area contributed by atoms with E-state index in [-0.39, 0.29) is 29.7 Å². The molecule has 1 heteroatoms. The molecular weight excluding hydrogens is 675 g/mol. The van der Waals surface area contributed by atoms with Gasteiger partial charge >= 0.3 is 0 Å². The molecule has 2 aliphatic carbocycles. The lowest BCUT2D eigenvalue weighted by molar-refractivity contribution is 0.793. The van der Waals surface area contributed by atoms with Gasteiger partial charge in [-0.1, -0.05) is 182 Å². The van der Waals surface area contributed by atoms with Crippen LogP contribution in [0.5, 0.6) is 0 Å². The zero-order chi connectivity index (χ0) is 41.4. The molecule has 0 N–H and O–H groups in total. The van der Waals surface area contributed by atoms with Gasteiger partial charge in [0.2, 0.25) is 0 Å². The summed E-state index contributed by atoms with van der Waals surface area (Å²) in [6, 6.07) is 67.1. The molecule has 1 spiro atoms. The van der Waals surface area contributed by atoms with E-state index in [0.717, 1.165) is 39.3 Å². The fraction of sp³-hybridized carbons (Fsp3) is 0.0182. The van der Waals surface area contributed by atoms with Gasteiger partial charge in [-0.25, -0.2) is 0 Å². The lowest BCUT2D eigenvalue weighted by Gasteiger charge is -2.32. The Balaban J connectivity index is 1.17. The molecule has 0 unspecified atom stereocenters. The average molecular weight is 717 g/mol. The number of nitrogens with zero attached hydrogens (tertiary/aromatic N) is 1. The monoisotopic (exact) mass is 716 g/mol. The van der Waals surface area contributed by atoms with Crippen LogP contribution in [0.15, 0.2) is 224 Å². The number of rotatable bonds is 6. The second kappa shape index (κ2) is 13.0. The highest BCUT2D eigenvalue weighted by Crippen LogP contribution is 2.63. The Morgan fingerprint density at radius 2 is 0.750 bits per heavy atom. The molecule has 0 radical (unpaired) electrons. The van der Waals surface area contributed by atoms with E-state index < -0.39 is 11.5 Å². The molecule has 262 valence electrons. The van der Waals surface area contributed by atoms with Crippen LogP contribution in [-0.4, -0.2) is 0 Å². The molecule has 0 saturated heterocycles. The first kappa shape index (κ1) is 27.4. The smallest absolute Gasteiger partial charge is 0.0726 e. The van der Waals surface area contributed by atoms with Crippen molar-refractivity contribution in [3.63, 3.8) is 0 Å². The van der Waals surface area contributed by atoms with E-state index in [2.05, 4.69) is 163 Å². The summed E-state index contributed by atoms with van der Waals surface area (Å²) in [5, 5.41) is 0. The maximum Gasteiger partial charge on any atom is 0.0726 e. The molecule has 2 aliphatic rings. The molecule has 0 bridgehead atoms. The minimum atomic E-state index is -0.535. The normalized spacial score (nSPS) is 14.0. The van der Waals surface area contributed by atoms with Crippen molar-refractivity contribution in [1.82, 2.24) is 0 Å². The van der Waals surface area contributed by atoms with Gasteiger partial charge in [0.25, 0.3) is 0 Å². The van der Waals surface area contributed by atoms with Crippen LogP contribution in [0.4, 0.5) is 17.1 Å². The minimum absolute atomic E-state index is 0.178. The van der Waals surface area contributed by atoms with Crippen LogP contribution < -0.4 is 4.90 Å². The first-order valence-corrected chi connectivity index (χ1v) is 19.0. The Bertz CT molecular complexity index is 3050. The van der Waals surface area contributed by atoms with Crippen molar-refractivity contribution < 1.29 is 6.85 Å². The molecule has 0 heterocycles. The van der Waals surface area contributed by atoms with Gasteiger partial charge in [0.1, 0.15) is 0 Å². The van der Waals surface area contributed by atoms with Gasteiger partial charge in [0.05, 0.1) is 12.3 Å². The highest BCUT2D eigenvalue weighted by atomic mass is 15.1. The van der Waals surface area contributed by atoms with Crippen molar-refractivity contribution in [2.24, 2.45) is 0 Å². The summed E-state index contributed by atoms with van der Waals surface area (Å²) in [6.07, 6.45) is 0. The van der Waals surface area contributed by atoms with Gasteiger partial charge in [-0.2, -0.15) is 0 Å². The fourth-order valence-corrected chi connectivity index (χ4v) is 9.18. The zero-order valence-corrected chi connectivity index (χ0v) is 30.4. The van der Waals surface area contributed by atoms with Crippen LogP contribution in [0.3, 0.4) is 0 Å². The van der Waals surface area contributed by atoms with E-state index in [1.165, 1.54) is 44.5 Å². The SMILES string of the molecule is [2H]c1c([2H])c([2H])c(-c2ccc(N(c3cc(-c4ccccc4)cc(-c4ccccc4)c3)c3ccc4c(c3)C3(c5ccccc5-c5ccccc53)c3ccccc3-4)cc2)c([2H])c1[2H]. The second-order valence-electron chi connectivity index (χ2n) is 14.5. The predicted molar refractivity (Wildman–Crippen MR) is 234 cm³/mol. The third-order valence-electron chi connectivity index (χ3n) is 11.5. The summed E-state index contributed by atoms with van der Waals surface area (Å²) >= 11 is 0. The van der Waals surface area contributed by atoms with Crippen LogP contribution >= 0.6 is 0 Å². The average Bonchev–Trinajstić information content (AvgIpc) is 3.78. The van der Waals surface area contributed by atoms with E-state index in [0.29, 0.717) is 5.56 Å². The molecule has 0 aliphatic heterocycles. The maximum atomic E-state index is 8.72. The number of fused-ring (bicyclic) bond motifs is 10. The van der Waals surface area contributed by atoms with Crippen molar-refractivity contribution >= 4 is 17.1 Å². The third-order valence-corrected chi connectivity index (χ3v) is 11.5. The van der Waals surface area contributed by atoms with E-state index in [1.54, 1.807) is 0 Å². The molecule has 0 aromatic heterocycles. The Kier molecular flexibility index (Phi) is 6.34. The summed E-state index contributed by atoms with van der Waals surface area (Å²) in [4.78, 5) is 2.29. The molecule has 0 atom stereocenters. The Hall–Kier alpha value is -7.22. The topological polar surface area (TPSA) is 3.24 Å². The second-order valence-corrected chi connectivity index (χ2v) is 14.5. The largest absolute Gasteiger partial charge is 0.310 e. The van der Waals surface area contributed by atoms with Crippen molar-refractivity contribution in [1.29, 1.82) is 0 Å². The molecule has 11 rings (SSSR count). The predicted octanol–water partition coefficient (Wildman–Crippen LogP) is 14.5. The first-order valence-electron chi connectivity index (χ1n) is 21.5.